The van der Waals surface area contributed by atoms with Gasteiger partial charge in [-0.1, -0.05) is 0 Å². The molecular formula is C19H33N5O4S. The number of aryl methyl sites for hydroxylation is 1. The van der Waals surface area contributed by atoms with Crippen molar-refractivity contribution in [2.45, 2.75) is 51.2 Å². The minimum atomic E-state index is -3.19. The lowest BCUT2D eigenvalue weighted by Gasteiger charge is -2.43. The summed E-state index contributed by atoms with van der Waals surface area (Å²) >= 11 is 0. The molecule has 0 saturated carbocycles. The molecule has 1 atom stereocenters. The van der Waals surface area contributed by atoms with Gasteiger partial charge < -0.3 is 10.1 Å². The summed E-state index contributed by atoms with van der Waals surface area (Å²) in [7, 11) is -3.19. The van der Waals surface area contributed by atoms with E-state index in [-0.39, 0.29) is 18.5 Å². The molecule has 3 rings (SSSR count). The molecule has 0 aliphatic carbocycles. The van der Waals surface area contributed by atoms with Crippen LogP contribution in [0.5, 0.6) is 0 Å². The van der Waals surface area contributed by atoms with E-state index in [2.05, 4.69) is 15.3 Å². The second-order valence-corrected chi connectivity index (χ2v) is 9.99. The molecule has 1 N–H and O–H groups in total. The van der Waals surface area contributed by atoms with Gasteiger partial charge in [-0.3, -0.25) is 14.4 Å². The molecule has 2 fully saturated rings. The number of sulfonamides is 1. The maximum Gasteiger partial charge on any atom is 0.241 e. The zero-order valence-corrected chi connectivity index (χ0v) is 18.2. The van der Waals surface area contributed by atoms with Crippen LogP contribution in [-0.4, -0.2) is 91.0 Å². The zero-order valence-electron chi connectivity index (χ0n) is 17.4. The van der Waals surface area contributed by atoms with E-state index < -0.39 is 10.0 Å². The molecule has 2 saturated heterocycles. The van der Waals surface area contributed by atoms with Gasteiger partial charge in [0.25, 0.3) is 0 Å². The van der Waals surface area contributed by atoms with Crippen molar-refractivity contribution in [1.82, 2.24) is 24.3 Å². The number of ether oxygens (including phenoxy) is 1. The lowest BCUT2D eigenvalue weighted by molar-refractivity contribution is -0.122. The van der Waals surface area contributed by atoms with E-state index >= 15 is 0 Å². The van der Waals surface area contributed by atoms with Crippen LogP contribution in [0.25, 0.3) is 0 Å². The standard InChI is InChI=1S/C19H33N5O4S/c1-16-5-10-22(21-16)15-19(25)20-8-11-24(17-6-12-28-13-7-17)18-4-3-9-23(14-18)29(2,26)27/h5,10,17-18H,3-4,6-9,11-15H2,1-2H3,(H,20,25). The predicted octanol–water partition coefficient (Wildman–Crippen LogP) is 0.213. The van der Waals surface area contributed by atoms with Crippen LogP contribution in [-0.2, 0) is 26.1 Å². The maximum absolute atomic E-state index is 12.2. The number of carbonyl (C=O) groups excluding carboxylic acids is 1. The summed E-state index contributed by atoms with van der Waals surface area (Å²) in [5.41, 5.74) is 0.885. The lowest BCUT2D eigenvalue weighted by atomic mass is 9.99. The summed E-state index contributed by atoms with van der Waals surface area (Å²) in [6.07, 6.45) is 6.80. The molecular weight excluding hydrogens is 394 g/mol. The van der Waals surface area contributed by atoms with Crippen molar-refractivity contribution in [2.75, 3.05) is 45.6 Å². The van der Waals surface area contributed by atoms with Gasteiger partial charge in [-0.25, -0.2) is 12.7 Å². The molecule has 0 spiro atoms. The number of piperidine rings is 1. The average molecular weight is 428 g/mol. The Balaban J connectivity index is 1.57. The van der Waals surface area contributed by atoms with Crippen molar-refractivity contribution in [3.8, 4) is 0 Å². The van der Waals surface area contributed by atoms with E-state index in [4.69, 9.17) is 4.74 Å². The maximum atomic E-state index is 12.2. The summed E-state index contributed by atoms with van der Waals surface area (Å²) in [4.78, 5) is 14.6. The molecule has 0 radical (unpaired) electrons. The number of nitrogens with one attached hydrogen (secondary N) is 1. The summed E-state index contributed by atoms with van der Waals surface area (Å²) in [6, 6.07) is 2.41. The molecule has 3 heterocycles. The summed E-state index contributed by atoms with van der Waals surface area (Å²) < 4.78 is 32.8. The molecule has 10 heteroatoms. The van der Waals surface area contributed by atoms with Gasteiger partial charge in [0, 0.05) is 57.7 Å². The Morgan fingerprint density at radius 3 is 2.72 bits per heavy atom. The van der Waals surface area contributed by atoms with Crippen molar-refractivity contribution < 1.29 is 17.9 Å². The van der Waals surface area contributed by atoms with Crippen LogP contribution < -0.4 is 5.32 Å². The molecule has 1 amide bonds. The van der Waals surface area contributed by atoms with Crippen molar-refractivity contribution >= 4 is 15.9 Å². The highest BCUT2D eigenvalue weighted by molar-refractivity contribution is 7.88. The van der Waals surface area contributed by atoms with Gasteiger partial charge in [-0.2, -0.15) is 5.10 Å². The van der Waals surface area contributed by atoms with E-state index in [9.17, 15) is 13.2 Å². The number of rotatable bonds is 8. The molecule has 0 aromatic carbocycles. The molecule has 1 aromatic heterocycles. The van der Waals surface area contributed by atoms with Crippen LogP contribution in [0.2, 0.25) is 0 Å². The molecule has 9 nitrogen and oxygen atoms in total. The van der Waals surface area contributed by atoms with Gasteiger partial charge in [-0.15, -0.1) is 0 Å². The fourth-order valence-corrected chi connectivity index (χ4v) is 5.16. The third-order valence-corrected chi connectivity index (χ3v) is 7.00. The Morgan fingerprint density at radius 1 is 1.31 bits per heavy atom. The predicted molar refractivity (Wildman–Crippen MR) is 110 cm³/mol. The first kappa shape index (κ1) is 22.2. The van der Waals surface area contributed by atoms with Crippen LogP contribution >= 0.6 is 0 Å². The van der Waals surface area contributed by atoms with Crippen LogP contribution in [0.3, 0.4) is 0 Å². The monoisotopic (exact) mass is 427 g/mol. The van der Waals surface area contributed by atoms with Crippen LogP contribution in [0, 0.1) is 6.92 Å². The Labute approximate surface area is 173 Å². The highest BCUT2D eigenvalue weighted by atomic mass is 32.2. The van der Waals surface area contributed by atoms with Crippen molar-refractivity contribution in [3.05, 3.63) is 18.0 Å². The molecule has 29 heavy (non-hydrogen) atoms. The Bertz CT molecular complexity index is 775. The molecule has 2 aliphatic rings. The first-order chi connectivity index (χ1) is 13.8. The third-order valence-electron chi connectivity index (χ3n) is 5.73. The van der Waals surface area contributed by atoms with Gasteiger partial charge in [0.05, 0.1) is 11.9 Å². The average Bonchev–Trinajstić information content (AvgIpc) is 3.10. The number of aromatic nitrogens is 2. The second-order valence-electron chi connectivity index (χ2n) is 8.00. The molecule has 1 aromatic rings. The first-order valence-electron chi connectivity index (χ1n) is 10.4. The fourth-order valence-electron chi connectivity index (χ4n) is 4.25. The van der Waals surface area contributed by atoms with E-state index in [0.717, 1.165) is 44.6 Å². The summed E-state index contributed by atoms with van der Waals surface area (Å²) in [5.74, 6) is -0.0681. The van der Waals surface area contributed by atoms with E-state index in [1.165, 1.54) is 6.26 Å². The Morgan fingerprint density at radius 2 is 2.07 bits per heavy atom. The first-order valence-corrected chi connectivity index (χ1v) is 12.2. The van der Waals surface area contributed by atoms with Gasteiger partial charge in [0.2, 0.25) is 15.9 Å². The second kappa shape index (κ2) is 10.0. The molecule has 2 aliphatic heterocycles. The quantitative estimate of drug-likeness (QED) is 0.637. The third kappa shape index (κ3) is 6.50. The number of nitrogens with zero attached hydrogens (tertiary/aromatic N) is 4. The number of carbonyl (C=O) groups is 1. The van der Waals surface area contributed by atoms with Crippen molar-refractivity contribution in [3.63, 3.8) is 0 Å². The van der Waals surface area contributed by atoms with E-state index in [1.807, 2.05) is 13.0 Å². The van der Waals surface area contributed by atoms with Gasteiger partial charge >= 0.3 is 0 Å². The molecule has 164 valence electrons. The Kier molecular flexibility index (Phi) is 7.66. The molecule has 0 bridgehead atoms. The largest absolute Gasteiger partial charge is 0.381 e. The minimum Gasteiger partial charge on any atom is -0.381 e. The van der Waals surface area contributed by atoms with E-state index in [0.29, 0.717) is 32.2 Å². The van der Waals surface area contributed by atoms with Crippen LogP contribution in [0.4, 0.5) is 0 Å². The van der Waals surface area contributed by atoms with Gasteiger partial charge in [-0.05, 0) is 38.7 Å². The van der Waals surface area contributed by atoms with E-state index in [1.54, 1.807) is 15.2 Å². The Hall–Kier alpha value is -1.49. The number of hydrogen-bond donors (Lipinski definition) is 1. The summed E-state index contributed by atoms with van der Waals surface area (Å²) in [5, 5.41) is 7.23. The zero-order chi connectivity index (χ0) is 20.9. The van der Waals surface area contributed by atoms with Crippen LogP contribution in [0.1, 0.15) is 31.4 Å². The SMILES string of the molecule is Cc1ccn(CC(=O)NCCN(C2CCOCC2)C2CCCN(S(C)(=O)=O)C2)n1. The number of hydrogen-bond acceptors (Lipinski definition) is 6. The van der Waals surface area contributed by atoms with Crippen molar-refractivity contribution in [1.29, 1.82) is 0 Å². The highest BCUT2D eigenvalue weighted by Crippen LogP contribution is 2.24. The van der Waals surface area contributed by atoms with Gasteiger partial charge in [0.15, 0.2) is 0 Å². The van der Waals surface area contributed by atoms with Crippen LogP contribution in [0.15, 0.2) is 12.3 Å². The van der Waals surface area contributed by atoms with Gasteiger partial charge in [0.1, 0.15) is 6.54 Å². The van der Waals surface area contributed by atoms with Crippen molar-refractivity contribution in [2.24, 2.45) is 0 Å². The highest BCUT2D eigenvalue weighted by Gasteiger charge is 2.33. The topological polar surface area (TPSA) is 96.8 Å². The summed E-state index contributed by atoms with van der Waals surface area (Å²) in [6.45, 7) is 5.92. The fraction of sp³-hybridized carbons (Fsp3) is 0.789. The normalized spacial score (nSPS) is 22.1. The molecule has 1 unspecified atom stereocenters. The number of amides is 1. The smallest absolute Gasteiger partial charge is 0.241 e. The lowest BCUT2D eigenvalue weighted by Crippen LogP contribution is -2.55. The minimum absolute atomic E-state index is 0.0681.